The van der Waals surface area contributed by atoms with Gasteiger partial charge in [0.2, 0.25) is 0 Å². The lowest BCUT2D eigenvalue weighted by Gasteiger charge is -1.82. The van der Waals surface area contributed by atoms with Crippen LogP contribution in [0.1, 0.15) is 19.4 Å². The van der Waals surface area contributed by atoms with Gasteiger partial charge in [-0.25, -0.2) is 9.97 Å². The molecule has 0 spiro atoms. The Balaban J connectivity index is 0.000000354. The van der Waals surface area contributed by atoms with Crippen molar-refractivity contribution in [3.05, 3.63) is 24.3 Å². The van der Waals surface area contributed by atoms with E-state index in [1.807, 2.05) is 0 Å². The molecule has 0 aliphatic carbocycles. The molecule has 60 valence electrons. The van der Waals surface area contributed by atoms with Crippen LogP contribution < -0.4 is 0 Å². The molecule has 2 nitrogen and oxygen atoms in total. The molecule has 0 aromatic carbocycles. The zero-order valence-corrected chi connectivity index (χ0v) is 7.20. The summed E-state index contributed by atoms with van der Waals surface area (Å²) < 4.78 is 0. The topological polar surface area (TPSA) is 25.8 Å². The maximum Gasteiger partial charge on any atom is 0.115 e. The first-order valence-corrected chi connectivity index (χ1v) is 3.40. The van der Waals surface area contributed by atoms with Gasteiger partial charge in [-0.05, 0) is 13.8 Å². The van der Waals surface area contributed by atoms with Gasteiger partial charge in [0, 0.05) is 12.4 Å². The highest BCUT2D eigenvalue weighted by molar-refractivity contribution is 5.27. The molecule has 0 atom stereocenters. The molecule has 0 unspecified atom stereocenters. The molecule has 1 aromatic heterocycles. The first-order chi connectivity index (χ1) is 5.85. The van der Waals surface area contributed by atoms with E-state index in [2.05, 4.69) is 34.2 Å². The summed E-state index contributed by atoms with van der Waals surface area (Å²) in [6.07, 6.45) is 9.45. The standard InChI is InChI=1S/C7H6N2.C3H4/c1-2-3-7-4-8-6-9-5-7;1-3-2/h4-6H,1H3;1H,2H3. The van der Waals surface area contributed by atoms with Crippen molar-refractivity contribution in [2.75, 3.05) is 0 Å². The van der Waals surface area contributed by atoms with Crippen LogP contribution in [0.25, 0.3) is 0 Å². The second-order valence-corrected chi connectivity index (χ2v) is 1.79. The second-order valence-electron chi connectivity index (χ2n) is 1.79. The smallest absolute Gasteiger partial charge is 0.115 e. The lowest BCUT2D eigenvalue weighted by molar-refractivity contribution is 1.16. The molecule has 0 aliphatic rings. The van der Waals surface area contributed by atoms with Crippen molar-refractivity contribution in [2.45, 2.75) is 13.8 Å². The number of terminal acetylenes is 1. The summed E-state index contributed by atoms with van der Waals surface area (Å²) in [6, 6.07) is 0. The highest BCUT2D eigenvalue weighted by Gasteiger charge is 1.79. The molecule has 0 radical (unpaired) electrons. The van der Waals surface area contributed by atoms with Crippen molar-refractivity contribution in [1.82, 2.24) is 9.97 Å². The minimum Gasteiger partial charge on any atom is -0.244 e. The predicted molar refractivity (Wildman–Crippen MR) is 49.1 cm³/mol. The van der Waals surface area contributed by atoms with E-state index < -0.39 is 0 Å². The average Bonchev–Trinajstić information content (AvgIpc) is 2.08. The fourth-order valence-corrected chi connectivity index (χ4v) is 0.508. The summed E-state index contributed by atoms with van der Waals surface area (Å²) in [4.78, 5) is 7.58. The van der Waals surface area contributed by atoms with E-state index in [1.165, 1.54) is 6.33 Å². The highest BCUT2D eigenvalue weighted by Crippen LogP contribution is 1.86. The van der Waals surface area contributed by atoms with Gasteiger partial charge < -0.3 is 0 Å². The van der Waals surface area contributed by atoms with E-state index >= 15 is 0 Å². The largest absolute Gasteiger partial charge is 0.244 e. The summed E-state index contributed by atoms with van der Waals surface area (Å²) >= 11 is 0. The van der Waals surface area contributed by atoms with Crippen LogP contribution in [0.15, 0.2) is 18.7 Å². The van der Waals surface area contributed by atoms with Crippen molar-refractivity contribution in [3.63, 3.8) is 0 Å². The number of hydrogen-bond donors (Lipinski definition) is 0. The molecular weight excluding hydrogens is 148 g/mol. The van der Waals surface area contributed by atoms with Crippen LogP contribution in [0.3, 0.4) is 0 Å². The fraction of sp³-hybridized carbons (Fsp3) is 0.200. The van der Waals surface area contributed by atoms with Crippen LogP contribution >= 0.6 is 0 Å². The zero-order chi connectivity index (χ0) is 9.23. The van der Waals surface area contributed by atoms with Crippen LogP contribution in [0, 0.1) is 24.2 Å². The van der Waals surface area contributed by atoms with Gasteiger partial charge >= 0.3 is 0 Å². The van der Waals surface area contributed by atoms with Crippen LogP contribution in [0.2, 0.25) is 0 Å². The maximum absolute atomic E-state index is 4.60. The van der Waals surface area contributed by atoms with Crippen molar-refractivity contribution >= 4 is 0 Å². The van der Waals surface area contributed by atoms with Crippen LogP contribution in [-0.2, 0) is 0 Å². The molecule has 0 fully saturated rings. The Hall–Kier alpha value is -1.80. The lowest BCUT2D eigenvalue weighted by atomic mass is 10.3. The van der Waals surface area contributed by atoms with Gasteiger partial charge in [0.25, 0.3) is 0 Å². The first-order valence-electron chi connectivity index (χ1n) is 3.40. The Morgan fingerprint density at radius 3 is 2.17 bits per heavy atom. The van der Waals surface area contributed by atoms with Gasteiger partial charge in [-0.3, -0.25) is 0 Å². The minimum absolute atomic E-state index is 0.861. The number of nitrogens with zero attached hydrogens (tertiary/aromatic N) is 2. The summed E-state index contributed by atoms with van der Waals surface area (Å²) in [5.74, 6) is 7.84. The molecular formula is C10H10N2. The molecule has 2 heteroatoms. The first kappa shape index (κ1) is 10.2. The SMILES string of the molecule is C#CC.CC#Cc1cncnc1. The van der Waals surface area contributed by atoms with E-state index in [4.69, 9.17) is 0 Å². The predicted octanol–water partition coefficient (Wildman–Crippen LogP) is 1.49. The molecule has 0 saturated carbocycles. The highest BCUT2D eigenvalue weighted by atomic mass is 14.8. The van der Waals surface area contributed by atoms with Crippen LogP contribution in [0.4, 0.5) is 0 Å². The van der Waals surface area contributed by atoms with E-state index in [0.717, 1.165) is 5.56 Å². The summed E-state index contributed by atoms with van der Waals surface area (Å²) in [5, 5.41) is 0. The average molecular weight is 158 g/mol. The van der Waals surface area contributed by atoms with Gasteiger partial charge in [0.15, 0.2) is 0 Å². The molecule has 12 heavy (non-hydrogen) atoms. The molecule has 0 amide bonds. The molecule has 0 N–H and O–H groups in total. The minimum atomic E-state index is 0.861. The Kier molecular flexibility index (Phi) is 6.21. The third-order valence-electron chi connectivity index (χ3n) is 0.830. The van der Waals surface area contributed by atoms with Gasteiger partial charge in [0.05, 0.1) is 5.56 Å². The van der Waals surface area contributed by atoms with Gasteiger partial charge in [0.1, 0.15) is 6.33 Å². The lowest BCUT2D eigenvalue weighted by Crippen LogP contribution is -1.78. The summed E-state index contributed by atoms with van der Waals surface area (Å²) in [7, 11) is 0. The fourth-order valence-electron chi connectivity index (χ4n) is 0.508. The van der Waals surface area contributed by atoms with Crippen molar-refractivity contribution in [3.8, 4) is 24.2 Å². The quantitative estimate of drug-likeness (QED) is 0.534. The third kappa shape index (κ3) is 5.02. The van der Waals surface area contributed by atoms with E-state index in [-0.39, 0.29) is 0 Å². The normalized spacial score (nSPS) is 6.42. The third-order valence-corrected chi connectivity index (χ3v) is 0.830. The monoisotopic (exact) mass is 158 g/mol. The molecule has 0 saturated heterocycles. The van der Waals surface area contributed by atoms with Crippen LogP contribution in [0.5, 0.6) is 0 Å². The Bertz CT molecular complexity index is 298. The molecule has 0 aliphatic heterocycles. The van der Waals surface area contributed by atoms with E-state index in [0.29, 0.717) is 0 Å². The van der Waals surface area contributed by atoms with Crippen LogP contribution in [-0.4, -0.2) is 9.97 Å². The number of aromatic nitrogens is 2. The Morgan fingerprint density at radius 2 is 1.75 bits per heavy atom. The van der Waals surface area contributed by atoms with Gasteiger partial charge in [-0.15, -0.1) is 18.3 Å². The molecule has 0 bridgehead atoms. The van der Waals surface area contributed by atoms with Gasteiger partial charge in [-0.2, -0.15) is 0 Å². The van der Waals surface area contributed by atoms with Crippen molar-refractivity contribution in [1.29, 1.82) is 0 Å². The van der Waals surface area contributed by atoms with E-state index in [9.17, 15) is 0 Å². The maximum atomic E-state index is 4.60. The zero-order valence-electron chi connectivity index (χ0n) is 7.20. The molecule has 1 rings (SSSR count). The van der Waals surface area contributed by atoms with Gasteiger partial charge in [-0.1, -0.05) is 5.92 Å². The Labute approximate surface area is 73.1 Å². The molecule has 1 heterocycles. The second kappa shape index (κ2) is 7.31. The van der Waals surface area contributed by atoms with E-state index in [1.54, 1.807) is 26.2 Å². The number of rotatable bonds is 0. The Morgan fingerprint density at radius 1 is 1.25 bits per heavy atom. The molecule has 1 aromatic rings. The van der Waals surface area contributed by atoms with Crippen molar-refractivity contribution in [2.24, 2.45) is 0 Å². The summed E-state index contributed by atoms with van der Waals surface area (Å²) in [6.45, 7) is 3.44. The summed E-state index contributed by atoms with van der Waals surface area (Å²) in [5.41, 5.74) is 0.861. The van der Waals surface area contributed by atoms with Crippen molar-refractivity contribution < 1.29 is 0 Å². The number of hydrogen-bond acceptors (Lipinski definition) is 2.